The average Bonchev–Trinajstić information content (AvgIpc) is 3.34. The summed E-state index contributed by atoms with van der Waals surface area (Å²) in [7, 11) is 3.61. The molecule has 1 aliphatic heterocycles. The van der Waals surface area contributed by atoms with Crippen molar-refractivity contribution in [2.24, 2.45) is 12.0 Å². The van der Waals surface area contributed by atoms with Gasteiger partial charge in [-0.15, -0.1) is 34.2 Å². The Balaban J connectivity index is 0.00000363. The third-order valence-electron chi connectivity index (χ3n) is 5.50. The average molecular weight is 555 g/mol. The smallest absolute Gasteiger partial charge is 0.222 e. The van der Waals surface area contributed by atoms with E-state index in [4.69, 9.17) is 4.74 Å². The van der Waals surface area contributed by atoms with Gasteiger partial charge in [-0.05, 0) is 43.9 Å². The van der Waals surface area contributed by atoms with Gasteiger partial charge in [-0.25, -0.2) is 4.99 Å². The highest BCUT2D eigenvalue weighted by molar-refractivity contribution is 14.0. The van der Waals surface area contributed by atoms with Crippen molar-refractivity contribution in [3.63, 3.8) is 0 Å². The van der Waals surface area contributed by atoms with E-state index in [-0.39, 0.29) is 29.9 Å². The molecule has 10 heteroatoms. The molecule has 2 heterocycles. The van der Waals surface area contributed by atoms with Crippen LogP contribution in [0, 0.1) is 6.92 Å². The molecule has 2 N–H and O–H groups in total. The summed E-state index contributed by atoms with van der Waals surface area (Å²) in [6.07, 6.45) is 3.41. The van der Waals surface area contributed by atoms with Crippen molar-refractivity contribution in [2.45, 2.75) is 39.2 Å². The van der Waals surface area contributed by atoms with Crippen molar-refractivity contribution in [3.8, 4) is 5.75 Å². The number of likely N-dealkylation sites (tertiary alicyclic amines) is 1. The van der Waals surface area contributed by atoms with E-state index in [9.17, 15) is 4.79 Å². The summed E-state index contributed by atoms with van der Waals surface area (Å²) in [4.78, 5) is 18.4. The topological polar surface area (TPSA) is 96.7 Å². The molecule has 0 unspecified atom stereocenters. The summed E-state index contributed by atoms with van der Waals surface area (Å²) in [5.41, 5.74) is 1.23. The van der Waals surface area contributed by atoms with E-state index in [1.165, 1.54) is 5.56 Å². The van der Waals surface area contributed by atoms with Crippen LogP contribution in [0.2, 0.25) is 0 Å². The second-order valence-electron chi connectivity index (χ2n) is 7.68. The van der Waals surface area contributed by atoms with Crippen molar-refractivity contribution in [3.05, 3.63) is 41.5 Å². The molecule has 32 heavy (non-hydrogen) atoms. The number of hydrogen-bond donors (Lipinski definition) is 2. The minimum absolute atomic E-state index is 0. The maximum absolute atomic E-state index is 11.8. The predicted molar refractivity (Wildman–Crippen MR) is 135 cm³/mol. The Morgan fingerprint density at radius 3 is 2.56 bits per heavy atom. The van der Waals surface area contributed by atoms with Crippen molar-refractivity contribution < 1.29 is 9.53 Å². The van der Waals surface area contributed by atoms with Crippen LogP contribution in [0.3, 0.4) is 0 Å². The zero-order chi connectivity index (χ0) is 22.1. The van der Waals surface area contributed by atoms with Gasteiger partial charge in [-0.2, -0.15) is 0 Å². The van der Waals surface area contributed by atoms with Crippen LogP contribution in [-0.4, -0.2) is 64.8 Å². The van der Waals surface area contributed by atoms with Crippen molar-refractivity contribution in [1.82, 2.24) is 30.3 Å². The zero-order valence-electron chi connectivity index (χ0n) is 19.1. The summed E-state index contributed by atoms with van der Waals surface area (Å²) >= 11 is 0. The molecule has 1 fully saturated rings. The highest BCUT2D eigenvalue weighted by Crippen LogP contribution is 2.11. The van der Waals surface area contributed by atoms with Gasteiger partial charge in [-0.1, -0.05) is 12.1 Å². The van der Waals surface area contributed by atoms with E-state index in [0.717, 1.165) is 68.8 Å². The van der Waals surface area contributed by atoms with Gasteiger partial charge in [0.25, 0.3) is 0 Å². The molecule has 0 radical (unpaired) electrons. The summed E-state index contributed by atoms with van der Waals surface area (Å²) in [6, 6.07) is 8.08. The number of halogens is 1. The lowest BCUT2D eigenvalue weighted by atomic mass is 10.1. The number of hydrogen-bond acceptors (Lipinski definition) is 5. The van der Waals surface area contributed by atoms with Gasteiger partial charge < -0.3 is 24.8 Å². The second-order valence-corrected chi connectivity index (χ2v) is 7.68. The molecule has 9 nitrogen and oxygen atoms in total. The fourth-order valence-corrected chi connectivity index (χ4v) is 3.45. The Hall–Kier alpha value is -2.37. The molecule has 0 spiro atoms. The van der Waals surface area contributed by atoms with Crippen LogP contribution in [-0.2, 0) is 24.8 Å². The van der Waals surface area contributed by atoms with Gasteiger partial charge >= 0.3 is 0 Å². The molecule has 176 valence electrons. The Labute approximate surface area is 207 Å². The molecule has 1 aliphatic rings. The minimum Gasteiger partial charge on any atom is -0.497 e. The fourth-order valence-electron chi connectivity index (χ4n) is 3.45. The first-order chi connectivity index (χ1) is 15.1. The maximum atomic E-state index is 11.8. The molecular formula is C22H34IN7O2. The Morgan fingerprint density at radius 2 is 1.94 bits per heavy atom. The van der Waals surface area contributed by atoms with E-state index in [1.807, 2.05) is 35.6 Å². The molecule has 3 rings (SSSR count). The van der Waals surface area contributed by atoms with Crippen LogP contribution in [0.5, 0.6) is 5.75 Å². The number of nitrogens with one attached hydrogen (secondary N) is 2. The van der Waals surface area contributed by atoms with E-state index < -0.39 is 0 Å². The standard InChI is InChI=1S/C22H33N7O2.HI/c1-17-26-27-20(28(17)2)16-25-22(23-12-5-15-29-14-4-6-21(29)30)24-13-11-18-7-9-19(31-3)10-8-18;/h7-10H,4-6,11-16H2,1-3H3,(H2,23,24,25);1H. The van der Waals surface area contributed by atoms with Crippen LogP contribution >= 0.6 is 24.0 Å². The molecule has 1 saturated heterocycles. The summed E-state index contributed by atoms with van der Waals surface area (Å²) in [5, 5.41) is 15.1. The van der Waals surface area contributed by atoms with Crippen LogP contribution in [0.1, 0.15) is 36.5 Å². The summed E-state index contributed by atoms with van der Waals surface area (Å²) in [5.74, 6) is 3.54. The van der Waals surface area contributed by atoms with Gasteiger partial charge in [0.15, 0.2) is 11.8 Å². The van der Waals surface area contributed by atoms with Gasteiger partial charge in [0, 0.05) is 39.6 Å². The number of aryl methyl sites for hydroxylation is 1. The first-order valence-corrected chi connectivity index (χ1v) is 10.8. The highest BCUT2D eigenvalue weighted by atomic mass is 127. The number of methoxy groups -OCH3 is 1. The van der Waals surface area contributed by atoms with Crippen LogP contribution in [0.25, 0.3) is 0 Å². The van der Waals surface area contributed by atoms with Gasteiger partial charge in [0.2, 0.25) is 5.91 Å². The third kappa shape index (κ3) is 7.64. The van der Waals surface area contributed by atoms with E-state index in [0.29, 0.717) is 13.0 Å². The first-order valence-electron chi connectivity index (χ1n) is 10.8. The number of carbonyl (C=O) groups excluding carboxylic acids is 1. The number of carbonyl (C=O) groups is 1. The Bertz CT molecular complexity index is 883. The number of aromatic nitrogens is 3. The molecule has 0 aliphatic carbocycles. The Kier molecular flexibility index (Phi) is 10.7. The second kappa shape index (κ2) is 13.2. The van der Waals surface area contributed by atoms with E-state index >= 15 is 0 Å². The number of amides is 1. The molecule has 1 aromatic heterocycles. The third-order valence-corrected chi connectivity index (χ3v) is 5.50. The number of ether oxygens (including phenoxy) is 1. The van der Waals surface area contributed by atoms with Crippen LogP contribution in [0.4, 0.5) is 0 Å². The molecular weight excluding hydrogens is 521 g/mol. The Morgan fingerprint density at radius 1 is 1.19 bits per heavy atom. The lowest BCUT2D eigenvalue weighted by Gasteiger charge is -2.17. The first kappa shape index (κ1) is 25.9. The molecule has 0 saturated carbocycles. The lowest BCUT2D eigenvalue weighted by Crippen LogP contribution is -2.40. The molecule has 1 aromatic carbocycles. The molecule has 2 aromatic rings. The number of guanidine groups is 1. The minimum atomic E-state index is 0. The van der Waals surface area contributed by atoms with Gasteiger partial charge in [0.05, 0.1) is 7.11 Å². The predicted octanol–water partition coefficient (Wildman–Crippen LogP) is 2.04. The number of aliphatic imine (C=N–C) groups is 1. The molecule has 0 bridgehead atoms. The lowest BCUT2D eigenvalue weighted by molar-refractivity contribution is -0.127. The van der Waals surface area contributed by atoms with Crippen molar-refractivity contribution >= 4 is 35.8 Å². The number of rotatable bonds is 10. The van der Waals surface area contributed by atoms with E-state index in [2.05, 4.69) is 38.0 Å². The van der Waals surface area contributed by atoms with Gasteiger partial charge in [0.1, 0.15) is 18.1 Å². The fraction of sp³-hybridized carbons (Fsp3) is 0.545. The number of benzene rings is 1. The number of nitrogens with zero attached hydrogens (tertiary/aromatic N) is 5. The highest BCUT2D eigenvalue weighted by Gasteiger charge is 2.19. The zero-order valence-corrected chi connectivity index (χ0v) is 21.5. The maximum Gasteiger partial charge on any atom is 0.222 e. The SMILES string of the molecule is COc1ccc(CCNC(=NCc2nnc(C)n2C)NCCCN2CCCC2=O)cc1.I. The van der Waals surface area contributed by atoms with E-state index in [1.54, 1.807) is 7.11 Å². The van der Waals surface area contributed by atoms with Crippen molar-refractivity contribution in [2.75, 3.05) is 33.3 Å². The molecule has 0 atom stereocenters. The van der Waals surface area contributed by atoms with Crippen molar-refractivity contribution in [1.29, 1.82) is 0 Å². The normalized spacial score (nSPS) is 13.8. The summed E-state index contributed by atoms with van der Waals surface area (Å²) in [6.45, 7) is 5.53. The van der Waals surface area contributed by atoms with Crippen LogP contribution < -0.4 is 15.4 Å². The summed E-state index contributed by atoms with van der Waals surface area (Å²) < 4.78 is 7.16. The monoisotopic (exact) mass is 555 g/mol. The molecule has 1 amide bonds. The van der Waals surface area contributed by atoms with Crippen LogP contribution in [0.15, 0.2) is 29.3 Å². The quantitative estimate of drug-likeness (QED) is 0.202. The van der Waals surface area contributed by atoms with Gasteiger partial charge in [-0.3, -0.25) is 4.79 Å². The largest absolute Gasteiger partial charge is 0.497 e.